The molecule has 10 heavy (non-hydrogen) atoms. The average molecular weight is 147 g/mol. The van der Waals surface area contributed by atoms with Crippen molar-refractivity contribution in [3.63, 3.8) is 0 Å². The molecule has 0 radical (unpaired) electrons. The average Bonchev–Trinajstić information content (AvgIpc) is 1.97. The molecule has 5 N–H and O–H groups in total. The van der Waals surface area contributed by atoms with Gasteiger partial charge in [0.2, 0.25) is 0 Å². The van der Waals surface area contributed by atoms with Crippen molar-refractivity contribution in [3.05, 3.63) is 5.21 Å². The van der Waals surface area contributed by atoms with Gasteiger partial charge in [-0.15, -0.1) is 0 Å². The van der Waals surface area contributed by atoms with Crippen molar-refractivity contribution < 1.29 is 4.94 Å². The van der Waals surface area contributed by atoms with Crippen molar-refractivity contribution in [1.82, 2.24) is 10.9 Å². The Kier molecular flexibility index (Phi) is 4.73. The number of rotatable bonds is 4. The predicted molar refractivity (Wildman–Crippen MR) is 34.8 cm³/mol. The van der Waals surface area contributed by atoms with E-state index in [4.69, 9.17) is 11.5 Å². The van der Waals surface area contributed by atoms with Crippen molar-refractivity contribution in [1.29, 1.82) is 0 Å². The summed E-state index contributed by atoms with van der Waals surface area (Å²) in [6.45, 7) is 0. The molecule has 8 heteroatoms. The van der Waals surface area contributed by atoms with Gasteiger partial charge in [-0.2, -0.15) is 5.10 Å². The zero-order valence-electron chi connectivity index (χ0n) is 4.97. The maximum atomic E-state index is 10.2. The highest BCUT2D eigenvalue weighted by molar-refractivity contribution is 5.50. The molecule has 0 atom stereocenters. The van der Waals surface area contributed by atoms with Gasteiger partial charge in [-0.3, -0.25) is 4.94 Å². The quantitative estimate of drug-likeness (QED) is 0.240. The number of hydrogen-bond acceptors (Lipinski definition) is 6. The van der Waals surface area contributed by atoms with Crippen LogP contribution in [0.15, 0.2) is 10.3 Å². The van der Waals surface area contributed by atoms with Gasteiger partial charge in [0, 0.05) is 0 Å². The van der Waals surface area contributed by atoms with E-state index in [2.05, 4.69) is 15.2 Å². The fourth-order valence-electron chi connectivity index (χ4n) is 0.169. The Bertz CT molecular complexity index is 109. The van der Waals surface area contributed by atoms with Gasteiger partial charge < -0.3 is 16.7 Å². The van der Waals surface area contributed by atoms with E-state index < -0.39 is 0 Å². The predicted octanol–water partition coefficient (Wildman–Crippen LogP) is -1.97. The molecule has 0 aliphatic rings. The highest BCUT2D eigenvalue weighted by atomic mass is 17.0. The van der Waals surface area contributed by atoms with E-state index in [-0.39, 0.29) is 5.34 Å². The number of nitrogens with two attached hydrogens (primary N) is 2. The van der Waals surface area contributed by atoms with E-state index in [1.807, 2.05) is 0 Å². The van der Waals surface area contributed by atoms with Gasteiger partial charge in [0.15, 0.2) is 0 Å². The van der Waals surface area contributed by atoms with E-state index in [9.17, 15) is 5.21 Å². The third-order valence-electron chi connectivity index (χ3n) is 0.396. The standard InChI is InChI=1S/C2H7N6O2/c3-1-5-7-8(9)10-6-2-4/h1-2,7H,(H2,3,5)(H2,4,6)/q-1. The molecule has 0 heterocycles. The Morgan fingerprint density at radius 3 is 2.70 bits per heavy atom. The first-order valence-electron chi connectivity index (χ1n) is 2.18. The molecule has 0 amide bonds. The Morgan fingerprint density at radius 2 is 2.20 bits per heavy atom. The van der Waals surface area contributed by atoms with Gasteiger partial charge in [-0.25, -0.2) is 5.53 Å². The first-order chi connectivity index (χ1) is 4.81. The molecule has 0 spiro atoms. The summed E-state index contributed by atoms with van der Waals surface area (Å²) >= 11 is 0. The Hall–Kier alpha value is -1.54. The van der Waals surface area contributed by atoms with Crippen molar-refractivity contribution in [2.75, 3.05) is 0 Å². The molecule has 0 saturated heterocycles. The Labute approximate surface area is 56.6 Å². The fraction of sp³-hybridized carbons (Fsp3) is 0. The Morgan fingerprint density at radius 1 is 1.50 bits per heavy atom. The second kappa shape index (κ2) is 5.59. The summed E-state index contributed by atoms with van der Waals surface area (Å²) in [4.78, 5) is 3.94. The fourth-order valence-corrected chi connectivity index (χ4v) is 0.169. The minimum absolute atomic E-state index is 0.132. The van der Waals surface area contributed by atoms with Crippen LogP contribution in [-0.2, 0) is 4.94 Å². The van der Waals surface area contributed by atoms with Crippen LogP contribution < -0.4 is 17.0 Å². The smallest absolute Gasteiger partial charge is 0.128 e. The van der Waals surface area contributed by atoms with Crippen LogP contribution in [-0.4, -0.2) is 18.0 Å². The van der Waals surface area contributed by atoms with Gasteiger partial charge in [-0.1, -0.05) is 10.5 Å². The molecular formula is C2H7N6O2-. The van der Waals surface area contributed by atoms with Gasteiger partial charge in [-0.05, 0) is 0 Å². The lowest BCUT2D eigenvalue weighted by Gasteiger charge is -2.19. The number of nitrogens with one attached hydrogen (secondary N) is 1. The largest absolute Gasteiger partial charge is 0.730 e. The van der Waals surface area contributed by atoms with Crippen LogP contribution in [0, 0.1) is 5.21 Å². The lowest BCUT2D eigenvalue weighted by Crippen LogP contribution is -2.27. The van der Waals surface area contributed by atoms with Crippen molar-refractivity contribution in [2.45, 2.75) is 0 Å². The number of hydrazone groups is 1. The summed E-state index contributed by atoms with van der Waals surface area (Å²) in [5.74, 6) is 0. The molecule has 0 aromatic carbocycles. The summed E-state index contributed by atoms with van der Waals surface area (Å²) in [5.41, 5.74) is 11.3. The van der Waals surface area contributed by atoms with Gasteiger partial charge in [0.25, 0.3) is 0 Å². The third kappa shape index (κ3) is 4.61. The van der Waals surface area contributed by atoms with Gasteiger partial charge in [0.1, 0.15) is 12.7 Å². The second-order valence-electron chi connectivity index (χ2n) is 0.971. The van der Waals surface area contributed by atoms with Crippen molar-refractivity contribution in [2.24, 2.45) is 21.7 Å². The molecule has 0 saturated carbocycles. The minimum atomic E-state index is -0.132. The maximum Gasteiger partial charge on any atom is 0.128 e. The molecule has 0 aromatic heterocycles. The van der Waals surface area contributed by atoms with Gasteiger partial charge in [0.05, 0.1) is 0 Å². The van der Waals surface area contributed by atoms with Crippen molar-refractivity contribution in [3.8, 4) is 0 Å². The highest BCUT2D eigenvalue weighted by Crippen LogP contribution is 1.78. The van der Waals surface area contributed by atoms with E-state index in [0.29, 0.717) is 0 Å². The number of oxime groups is 1. The van der Waals surface area contributed by atoms with Crippen LogP contribution in [0.1, 0.15) is 0 Å². The summed E-state index contributed by atoms with van der Waals surface area (Å²) in [6.07, 6.45) is 1.68. The third-order valence-corrected chi connectivity index (χ3v) is 0.396. The number of nitrogens with zero attached hydrogens (tertiary/aromatic N) is 3. The molecule has 0 aliphatic heterocycles. The molecule has 0 rings (SSSR count). The molecule has 0 bridgehead atoms. The van der Waals surface area contributed by atoms with Crippen LogP contribution in [0.5, 0.6) is 0 Å². The molecule has 0 fully saturated rings. The minimum Gasteiger partial charge on any atom is -0.730 e. The molecule has 0 aliphatic carbocycles. The van der Waals surface area contributed by atoms with Crippen LogP contribution in [0.2, 0.25) is 0 Å². The Balaban J connectivity index is 3.33. The van der Waals surface area contributed by atoms with Crippen LogP contribution in [0.3, 0.4) is 0 Å². The lowest BCUT2D eigenvalue weighted by atomic mass is 11.4. The SMILES string of the molecule is NC=NNN([O-])ON=CN. The summed E-state index contributed by atoms with van der Waals surface area (Å²) in [7, 11) is 0. The van der Waals surface area contributed by atoms with E-state index >= 15 is 0 Å². The summed E-state index contributed by atoms with van der Waals surface area (Å²) in [5, 5.41) is 16.1. The van der Waals surface area contributed by atoms with Crippen LogP contribution >= 0.6 is 0 Å². The van der Waals surface area contributed by atoms with E-state index in [0.717, 1.165) is 12.7 Å². The summed E-state index contributed by atoms with van der Waals surface area (Å²) in [6, 6.07) is 0. The number of hydrazine groups is 1. The van der Waals surface area contributed by atoms with Crippen LogP contribution in [0.4, 0.5) is 0 Å². The van der Waals surface area contributed by atoms with E-state index in [1.165, 1.54) is 0 Å². The molecular weight excluding hydrogens is 140 g/mol. The molecule has 0 unspecified atom stereocenters. The summed E-state index contributed by atoms with van der Waals surface area (Å²) < 4.78 is 0. The van der Waals surface area contributed by atoms with Crippen LogP contribution in [0.25, 0.3) is 0 Å². The topological polar surface area (TPSA) is 124 Å². The zero-order valence-corrected chi connectivity index (χ0v) is 4.97. The molecule has 0 aromatic rings. The van der Waals surface area contributed by atoms with E-state index in [1.54, 1.807) is 5.53 Å². The number of hydrogen-bond donors (Lipinski definition) is 3. The molecule has 8 nitrogen and oxygen atoms in total. The lowest BCUT2D eigenvalue weighted by molar-refractivity contribution is -0.156. The second-order valence-corrected chi connectivity index (χ2v) is 0.971. The highest BCUT2D eigenvalue weighted by Gasteiger charge is 1.79. The monoisotopic (exact) mass is 147 g/mol. The zero-order chi connectivity index (χ0) is 7.82. The maximum absolute atomic E-state index is 10.2. The van der Waals surface area contributed by atoms with Crippen molar-refractivity contribution >= 4 is 12.7 Å². The molecule has 58 valence electrons. The van der Waals surface area contributed by atoms with Gasteiger partial charge >= 0.3 is 0 Å². The normalized spacial score (nSPS) is 11.4. The first-order valence-corrected chi connectivity index (χ1v) is 2.18. The first kappa shape index (κ1) is 8.46.